The van der Waals surface area contributed by atoms with Crippen molar-refractivity contribution in [3.63, 3.8) is 0 Å². The van der Waals surface area contributed by atoms with Crippen LogP contribution in [0.15, 0.2) is 18.5 Å². The zero-order valence-corrected chi connectivity index (χ0v) is 13.1. The summed E-state index contributed by atoms with van der Waals surface area (Å²) >= 11 is 0. The molecular formula is C15H21N5O2. The molecule has 1 fully saturated rings. The van der Waals surface area contributed by atoms with Gasteiger partial charge in [-0.15, -0.1) is 0 Å². The zero-order valence-electron chi connectivity index (χ0n) is 13.1. The Bertz CT molecular complexity index is 675. The molecule has 1 aliphatic rings. The molecule has 1 N–H and O–H groups in total. The SMILES string of the molecule is CCn1ccnc1[C@@H]1OCC[C@H]1C(=O)Nc1cc(C)nn1C. The molecule has 7 heteroatoms. The van der Waals surface area contributed by atoms with Gasteiger partial charge in [-0.2, -0.15) is 5.10 Å². The first-order chi connectivity index (χ1) is 10.6. The van der Waals surface area contributed by atoms with E-state index in [2.05, 4.69) is 15.4 Å². The van der Waals surface area contributed by atoms with Crippen LogP contribution < -0.4 is 5.32 Å². The number of carbonyl (C=O) groups excluding carboxylic acids is 1. The van der Waals surface area contributed by atoms with E-state index in [1.165, 1.54) is 0 Å². The predicted molar refractivity (Wildman–Crippen MR) is 81.3 cm³/mol. The molecule has 0 spiro atoms. The van der Waals surface area contributed by atoms with E-state index >= 15 is 0 Å². The third-order valence-corrected chi connectivity index (χ3v) is 4.02. The van der Waals surface area contributed by atoms with Gasteiger partial charge in [-0.1, -0.05) is 0 Å². The summed E-state index contributed by atoms with van der Waals surface area (Å²) in [6, 6.07) is 1.86. The van der Waals surface area contributed by atoms with Crippen LogP contribution in [0.1, 0.15) is 31.0 Å². The quantitative estimate of drug-likeness (QED) is 0.932. The topological polar surface area (TPSA) is 74.0 Å². The van der Waals surface area contributed by atoms with Gasteiger partial charge in [0.2, 0.25) is 5.91 Å². The highest BCUT2D eigenvalue weighted by atomic mass is 16.5. The van der Waals surface area contributed by atoms with E-state index < -0.39 is 0 Å². The molecule has 1 saturated heterocycles. The van der Waals surface area contributed by atoms with E-state index in [-0.39, 0.29) is 17.9 Å². The minimum atomic E-state index is -0.288. The third kappa shape index (κ3) is 2.64. The summed E-state index contributed by atoms with van der Waals surface area (Å²) in [5.74, 6) is 1.24. The average Bonchev–Trinajstić information content (AvgIpc) is 3.18. The number of hydrogen-bond donors (Lipinski definition) is 1. The average molecular weight is 303 g/mol. The van der Waals surface area contributed by atoms with Crippen LogP contribution >= 0.6 is 0 Å². The number of aromatic nitrogens is 4. The summed E-state index contributed by atoms with van der Waals surface area (Å²) in [6.45, 7) is 5.33. The molecule has 22 heavy (non-hydrogen) atoms. The fourth-order valence-corrected chi connectivity index (χ4v) is 2.90. The van der Waals surface area contributed by atoms with Crippen molar-refractivity contribution >= 4 is 11.7 Å². The van der Waals surface area contributed by atoms with Crippen molar-refractivity contribution in [1.29, 1.82) is 0 Å². The molecule has 0 aromatic carbocycles. The van der Waals surface area contributed by atoms with Crippen LogP contribution in [0.25, 0.3) is 0 Å². The number of imidazole rings is 1. The number of aryl methyl sites for hydroxylation is 3. The molecule has 0 unspecified atom stereocenters. The zero-order chi connectivity index (χ0) is 15.7. The summed E-state index contributed by atoms with van der Waals surface area (Å²) in [5, 5.41) is 7.19. The van der Waals surface area contributed by atoms with Crippen molar-refractivity contribution < 1.29 is 9.53 Å². The molecule has 2 atom stereocenters. The molecule has 0 radical (unpaired) electrons. The van der Waals surface area contributed by atoms with Gasteiger partial charge in [-0.05, 0) is 20.3 Å². The number of anilines is 1. The molecule has 2 aromatic heterocycles. The second-order valence-electron chi connectivity index (χ2n) is 5.54. The Morgan fingerprint density at radius 3 is 3.05 bits per heavy atom. The van der Waals surface area contributed by atoms with Crippen LogP contribution in [-0.2, 0) is 23.1 Å². The maximum absolute atomic E-state index is 12.6. The molecule has 1 aliphatic heterocycles. The Labute approximate surface area is 129 Å². The maximum atomic E-state index is 12.6. The van der Waals surface area contributed by atoms with Crippen molar-refractivity contribution in [2.75, 3.05) is 11.9 Å². The van der Waals surface area contributed by atoms with Crippen molar-refractivity contribution in [2.24, 2.45) is 13.0 Å². The van der Waals surface area contributed by atoms with Crippen LogP contribution in [0.2, 0.25) is 0 Å². The highest BCUT2D eigenvalue weighted by Gasteiger charge is 2.38. The van der Waals surface area contributed by atoms with E-state index in [0.29, 0.717) is 18.8 Å². The summed E-state index contributed by atoms with van der Waals surface area (Å²) in [7, 11) is 1.81. The van der Waals surface area contributed by atoms with Gasteiger partial charge < -0.3 is 14.6 Å². The number of ether oxygens (including phenoxy) is 1. The second kappa shape index (κ2) is 5.92. The molecule has 2 aromatic rings. The predicted octanol–water partition coefficient (Wildman–Crippen LogP) is 1.66. The van der Waals surface area contributed by atoms with Gasteiger partial charge in [-0.25, -0.2) is 4.98 Å². The van der Waals surface area contributed by atoms with Crippen molar-refractivity contribution in [3.8, 4) is 0 Å². The van der Waals surface area contributed by atoms with Gasteiger partial charge in [0.1, 0.15) is 17.7 Å². The van der Waals surface area contributed by atoms with Gasteiger partial charge in [0.15, 0.2) is 0 Å². The lowest BCUT2D eigenvalue weighted by molar-refractivity contribution is -0.121. The van der Waals surface area contributed by atoms with E-state index in [4.69, 9.17) is 4.74 Å². The first-order valence-electron chi connectivity index (χ1n) is 7.54. The number of carbonyl (C=O) groups is 1. The number of hydrogen-bond acceptors (Lipinski definition) is 4. The first-order valence-corrected chi connectivity index (χ1v) is 7.54. The normalized spacial score (nSPS) is 21.2. The van der Waals surface area contributed by atoms with Crippen LogP contribution in [0.4, 0.5) is 5.82 Å². The summed E-state index contributed by atoms with van der Waals surface area (Å²) in [6.07, 6.45) is 4.07. The molecule has 1 amide bonds. The van der Waals surface area contributed by atoms with E-state index in [9.17, 15) is 4.79 Å². The highest BCUT2D eigenvalue weighted by molar-refractivity contribution is 5.92. The summed E-state index contributed by atoms with van der Waals surface area (Å²) in [4.78, 5) is 17.0. The number of nitrogens with zero attached hydrogens (tertiary/aromatic N) is 4. The fraction of sp³-hybridized carbons (Fsp3) is 0.533. The molecule has 7 nitrogen and oxygen atoms in total. The van der Waals surface area contributed by atoms with E-state index in [1.54, 1.807) is 10.9 Å². The Morgan fingerprint density at radius 1 is 1.55 bits per heavy atom. The highest BCUT2D eigenvalue weighted by Crippen LogP contribution is 2.34. The Hall–Kier alpha value is -2.15. The van der Waals surface area contributed by atoms with Crippen LogP contribution in [0.3, 0.4) is 0 Å². The molecular weight excluding hydrogens is 282 g/mol. The van der Waals surface area contributed by atoms with Gasteiger partial charge in [0.05, 0.1) is 11.6 Å². The summed E-state index contributed by atoms with van der Waals surface area (Å²) < 4.78 is 9.47. The van der Waals surface area contributed by atoms with Crippen LogP contribution in [0, 0.1) is 12.8 Å². The van der Waals surface area contributed by atoms with Gasteiger partial charge in [-0.3, -0.25) is 9.48 Å². The lowest BCUT2D eigenvalue weighted by atomic mass is 10.00. The minimum absolute atomic E-state index is 0.0452. The Balaban J connectivity index is 1.78. The first kappa shape index (κ1) is 14.8. The van der Waals surface area contributed by atoms with Crippen molar-refractivity contribution in [3.05, 3.63) is 30.0 Å². The van der Waals surface area contributed by atoms with Crippen LogP contribution in [0.5, 0.6) is 0 Å². The number of nitrogens with one attached hydrogen (secondary N) is 1. The fourth-order valence-electron chi connectivity index (χ4n) is 2.90. The van der Waals surface area contributed by atoms with Crippen molar-refractivity contribution in [2.45, 2.75) is 32.9 Å². The molecule has 3 heterocycles. The smallest absolute Gasteiger partial charge is 0.231 e. The van der Waals surface area contributed by atoms with Crippen molar-refractivity contribution in [1.82, 2.24) is 19.3 Å². The third-order valence-electron chi connectivity index (χ3n) is 4.02. The molecule has 0 bridgehead atoms. The summed E-state index contributed by atoms with van der Waals surface area (Å²) in [5.41, 5.74) is 0.874. The van der Waals surface area contributed by atoms with Gasteiger partial charge in [0, 0.05) is 38.7 Å². The number of rotatable bonds is 4. The Kier molecular flexibility index (Phi) is 3.98. The number of amides is 1. The minimum Gasteiger partial charge on any atom is -0.369 e. The maximum Gasteiger partial charge on any atom is 0.231 e. The monoisotopic (exact) mass is 303 g/mol. The van der Waals surface area contributed by atoms with Crippen LogP contribution in [-0.4, -0.2) is 31.8 Å². The van der Waals surface area contributed by atoms with Gasteiger partial charge in [0.25, 0.3) is 0 Å². The van der Waals surface area contributed by atoms with E-state index in [1.807, 2.05) is 37.7 Å². The largest absolute Gasteiger partial charge is 0.369 e. The van der Waals surface area contributed by atoms with E-state index in [0.717, 1.165) is 18.1 Å². The Morgan fingerprint density at radius 2 is 2.36 bits per heavy atom. The lowest BCUT2D eigenvalue weighted by Crippen LogP contribution is -2.27. The molecule has 118 valence electrons. The molecule has 3 rings (SSSR count). The second-order valence-corrected chi connectivity index (χ2v) is 5.54. The lowest BCUT2D eigenvalue weighted by Gasteiger charge is -2.18. The molecule has 0 saturated carbocycles. The standard InChI is InChI=1S/C15H21N5O2/c1-4-20-7-6-16-14(20)13-11(5-8-22-13)15(21)17-12-9-10(2)18-19(12)3/h6-7,9,11,13H,4-5,8H2,1-3H3,(H,17,21)/t11-,13-/m1/s1. The molecule has 0 aliphatic carbocycles. The van der Waals surface area contributed by atoms with Gasteiger partial charge >= 0.3 is 0 Å².